The Morgan fingerprint density at radius 2 is 2.09 bits per heavy atom. The van der Waals surface area contributed by atoms with Gasteiger partial charge in [0.2, 0.25) is 0 Å². The van der Waals surface area contributed by atoms with Crippen molar-refractivity contribution < 1.29 is 23.9 Å². The first-order chi connectivity index (χ1) is 10.9. The van der Waals surface area contributed by atoms with Crippen molar-refractivity contribution in [2.75, 3.05) is 13.7 Å². The number of amides is 1. The van der Waals surface area contributed by atoms with Gasteiger partial charge in [0.15, 0.2) is 12.9 Å². The average molecular weight is 386 g/mol. The maximum Gasteiger partial charge on any atom is 0.328 e. The van der Waals surface area contributed by atoms with Crippen LogP contribution in [-0.4, -0.2) is 37.9 Å². The maximum absolute atomic E-state index is 12.0. The third kappa shape index (κ3) is 5.67. The summed E-state index contributed by atoms with van der Waals surface area (Å²) < 4.78 is 10.8. The summed E-state index contributed by atoms with van der Waals surface area (Å²) >= 11 is 3.25. The fourth-order valence-electron chi connectivity index (χ4n) is 1.90. The Hall–Kier alpha value is -1.89. The molecule has 1 rings (SSSR count). The molecule has 1 aromatic carbocycles. The lowest BCUT2D eigenvalue weighted by Gasteiger charge is -2.21. The number of esters is 1. The normalized spacial score (nSPS) is 12.9. The Morgan fingerprint density at radius 1 is 1.39 bits per heavy atom. The Morgan fingerprint density at radius 3 is 2.65 bits per heavy atom. The SMILES string of the molecule is CC[C@H](C)[C@H](NC(=O)COc1ccc(Br)cc1C=O)C(=O)OC. The van der Waals surface area contributed by atoms with Crippen LogP contribution in [0, 0.1) is 5.92 Å². The molecular formula is C16H20BrNO5. The summed E-state index contributed by atoms with van der Waals surface area (Å²) in [6.45, 7) is 3.47. The zero-order chi connectivity index (χ0) is 17.4. The molecule has 126 valence electrons. The number of benzene rings is 1. The van der Waals surface area contributed by atoms with E-state index in [4.69, 9.17) is 9.47 Å². The van der Waals surface area contributed by atoms with E-state index >= 15 is 0 Å². The largest absolute Gasteiger partial charge is 0.483 e. The highest BCUT2D eigenvalue weighted by Gasteiger charge is 2.26. The van der Waals surface area contributed by atoms with Gasteiger partial charge in [0.1, 0.15) is 11.8 Å². The first kappa shape index (κ1) is 19.2. The fraction of sp³-hybridized carbons (Fsp3) is 0.438. The summed E-state index contributed by atoms with van der Waals surface area (Å²) in [5, 5.41) is 2.60. The van der Waals surface area contributed by atoms with E-state index in [0.717, 1.165) is 4.47 Å². The van der Waals surface area contributed by atoms with Gasteiger partial charge in [-0.25, -0.2) is 4.79 Å². The standard InChI is InChI=1S/C16H20BrNO5/c1-4-10(2)15(16(21)22-3)18-14(20)9-23-13-6-5-12(17)7-11(13)8-19/h5-8,10,15H,4,9H2,1-3H3,(H,18,20)/t10-,15-/m0/s1. The molecule has 0 radical (unpaired) electrons. The van der Waals surface area contributed by atoms with Gasteiger partial charge in [-0.2, -0.15) is 0 Å². The number of aldehydes is 1. The molecule has 6 nitrogen and oxygen atoms in total. The molecule has 0 aromatic heterocycles. The molecule has 7 heteroatoms. The second kappa shape index (κ2) is 9.29. The van der Waals surface area contributed by atoms with Crippen LogP contribution in [0.1, 0.15) is 30.6 Å². The molecule has 0 spiro atoms. The number of ether oxygens (including phenoxy) is 2. The zero-order valence-electron chi connectivity index (χ0n) is 13.3. The van der Waals surface area contributed by atoms with E-state index in [1.807, 2.05) is 13.8 Å². The number of nitrogens with one attached hydrogen (secondary N) is 1. The van der Waals surface area contributed by atoms with Gasteiger partial charge < -0.3 is 14.8 Å². The average Bonchev–Trinajstić information content (AvgIpc) is 2.56. The number of carbonyl (C=O) groups is 3. The van der Waals surface area contributed by atoms with Gasteiger partial charge >= 0.3 is 5.97 Å². The van der Waals surface area contributed by atoms with Crippen LogP contribution >= 0.6 is 15.9 Å². The predicted octanol–water partition coefficient (Wildman–Crippen LogP) is 2.34. The molecule has 0 aliphatic rings. The Kier molecular flexibility index (Phi) is 7.74. The highest BCUT2D eigenvalue weighted by atomic mass is 79.9. The van der Waals surface area contributed by atoms with Crippen LogP contribution in [0.2, 0.25) is 0 Å². The zero-order valence-corrected chi connectivity index (χ0v) is 14.9. The van der Waals surface area contributed by atoms with Crippen LogP contribution in [0.4, 0.5) is 0 Å². The van der Waals surface area contributed by atoms with Crippen LogP contribution in [0.15, 0.2) is 22.7 Å². The van der Waals surface area contributed by atoms with Crippen molar-refractivity contribution in [3.05, 3.63) is 28.2 Å². The van der Waals surface area contributed by atoms with E-state index in [2.05, 4.69) is 21.2 Å². The number of methoxy groups -OCH3 is 1. The number of halogens is 1. The molecule has 0 heterocycles. The minimum atomic E-state index is -0.725. The summed E-state index contributed by atoms with van der Waals surface area (Å²) in [6, 6.07) is 4.16. The molecule has 1 amide bonds. The smallest absolute Gasteiger partial charge is 0.328 e. The van der Waals surface area contributed by atoms with Gasteiger partial charge in [-0.3, -0.25) is 9.59 Å². The Labute approximate surface area is 143 Å². The van der Waals surface area contributed by atoms with Gasteiger partial charge in [-0.05, 0) is 24.1 Å². The lowest BCUT2D eigenvalue weighted by molar-refractivity contribution is -0.146. The molecule has 0 saturated heterocycles. The molecule has 0 saturated carbocycles. The molecular weight excluding hydrogens is 366 g/mol. The van der Waals surface area contributed by atoms with Crippen molar-refractivity contribution in [3.63, 3.8) is 0 Å². The van der Waals surface area contributed by atoms with E-state index in [9.17, 15) is 14.4 Å². The monoisotopic (exact) mass is 385 g/mol. The molecule has 0 unspecified atom stereocenters. The number of hydrogen-bond acceptors (Lipinski definition) is 5. The summed E-state index contributed by atoms with van der Waals surface area (Å²) in [7, 11) is 1.28. The molecule has 0 fully saturated rings. The minimum absolute atomic E-state index is 0.0652. The lowest BCUT2D eigenvalue weighted by Crippen LogP contribution is -2.47. The molecule has 0 bridgehead atoms. The Bertz CT molecular complexity index is 576. The molecule has 1 aromatic rings. The summed E-state index contributed by atoms with van der Waals surface area (Å²) in [6.07, 6.45) is 1.36. The number of hydrogen-bond donors (Lipinski definition) is 1. The highest BCUT2D eigenvalue weighted by molar-refractivity contribution is 9.10. The van der Waals surface area contributed by atoms with Crippen molar-refractivity contribution in [1.29, 1.82) is 0 Å². The van der Waals surface area contributed by atoms with E-state index in [0.29, 0.717) is 24.0 Å². The molecule has 0 aliphatic carbocycles. The first-order valence-corrected chi connectivity index (χ1v) is 7.96. The van der Waals surface area contributed by atoms with Crippen molar-refractivity contribution in [2.24, 2.45) is 5.92 Å². The molecule has 23 heavy (non-hydrogen) atoms. The van der Waals surface area contributed by atoms with Gasteiger partial charge in [0.25, 0.3) is 5.91 Å². The van der Waals surface area contributed by atoms with Gasteiger partial charge in [0, 0.05) is 4.47 Å². The van der Waals surface area contributed by atoms with Gasteiger partial charge in [-0.15, -0.1) is 0 Å². The van der Waals surface area contributed by atoms with Crippen LogP contribution in [0.25, 0.3) is 0 Å². The quantitative estimate of drug-likeness (QED) is 0.548. The molecule has 0 aliphatic heterocycles. The second-order valence-corrected chi connectivity index (χ2v) is 5.96. The van der Waals surface area contributed by atoms with Crippen molar-refractivity contribution in [3.8, 4) is 5.75 Å². The van der Waals surface area contributed by atoms with Crippen molar-refractivity contribution >= 4 is 34.1 Å². The fourth-order valence-corrected chi connectivity index (χ4v) is 2.28. The molecule has 2 atom stereocenters. The summed E-state index contributed by atoms with van der Waals surface area (Å²) in [5.41, 5.74) is 0.332. The summed E-state index contributed by atoms with van der Waals surface area (Å²) in [5.74, 6) is -0.716. The van der Waals surface area contributed by atoms with Gasteiger partial charge in [-0.1, -0.05) is 36.2 Å². The highest BCUT2D eigenvalue weighted by Crippen LogP contribution is 2.21. The van der Waals surface area contributed by atoms with Crippen molar-refractivity contribution in [1.82, 2.24) is 5.32 Å². The van der Waals surface area contributed by atoms with Crippen molar-refractivity contribution in [2.45, 2.75) is 26.3 Å². The van der Waals surface area contributed by atoms with E-state index in [1.165, 1.54) is 7.11 Å². The van der Waals surface area contributed by atoms with E-state index in [1.54, 1.807) is 18.2 Å². The Balaban J connectivity index is 2.69. The van der Waals surface area contributed by atoms with Crippen LogP contribution in [0.5, 0.6) is 5.75 Å². The third-order valence-electron chi connectivity index (χ3n) is 3.44. The first-order valence-electron chi connectivity index (χ1n) is 7.17. The second-order valence-electron chi connectivity index (χ2n) is 5.04. The minimum Gasteiger partial charge on any atom is -0.483 e. The lowest BCUT2D eigenvalue weighted by atomic mass is 9.99. The van der Waals surface area contributed by atoms with Crippen LogP contribution < -0.4 is 10.1 Å². The predicted molar refractivity (Wildman–Crippen MR) is 88.4 cm³/mol. The number of rotatable bonds is 8. The number of carbonyl (C=O) groups excluding carboxylic acids is 3. The van der Waals surface area contributed by atoms with Crippen LogP contribution in [-0.2, 0) is 14.3 Å². The van der Waals surface area contributed by atoms with Crippen LogP contribution in [0.3, 0.4) is 0 Å². The topological polar surface area (TPSA) is 81.7 Å². The summed E-state index contributed by atoms with van der Waals surface area (Å²) in [4.78, 5) is 34.7. The molecule has 1 N–H and O–H groups in total. The van der Waals surface area contributed by atoms with E-state index in [-0.39, 0.29) is 12.5 Å². The van der Waals surface area contributed by atoms with Gasteiger partial charge in [0.05, 0.1) is 12.7 Å². The maximum atomic E-state index is 12.0. The van der Waals surface area contributed by atoms with E-state index < -0.39 is 17.9 Å². The third-order valence-corrected chi connectivity index (χ3v) is 3.94.